The normalized spacial score (nSPS) is 25.6. The number of hydrogen-bond acceptors (Lipinski definition) is 5. The fourth-order valence-corrected chi connectivity index (χ4v) is 3.20. The number of rotatable bonds is 2. The molecule has 3 rings (SSSR count). The third-order valence-electron chi connectivity index (χ3n) is 4.13. The van der Waals surface area contributed by atoms with Crippen LogP contribution in [0.1, 0.15) is 36.8 Å². The zero-order valence-electron chi connectivity index (χ0n) is 11.2. The number of nitriles is 1. The maximum atomic E-state index is 9.25. The first-order valence-corrected chi connectivity index (χ1v) is 7.45. The first-order chi connectivity index (χ1) is 9.79. The highest BCUT2D eigenvalue weighted by Gasteiger charge is 2.27. The summed E-state index contributed by atoms with van der Waals surface area (Å²) in [6.07, 6.45) is 5.04. The van der Waals surface area contributed by atoms with Gasteiger partial charge in [-0.15, -0.1) is 10.2 Å². The lowest BCUT2D eigenvalue weighted by Crippen LogP contribution is -2.32. The van der Waals surface area contributed by atoms with Crippen LogP contribution < -0.4 is 5.32 Å². The third kappa shape index (κ3) is 2.58. The van der Waals surface area contributed by atoms with Crippen molar-refractivity contribution in [2.24, 2.45) is 5.92 Å². The number of anilines is 1. The van der Waals surface area contributed by atoms with E-state index in [0.29, 0.717) is 18.4 Å². The van der Waals surface area contributed by atoms with Gasteiger partial charge in [-0.3, -0.25) is 0 Å². The molecule has 2 aliphatic rings. The van der Waals surface area contributed by atoms with Crippen molar-refractivity contribution in [3.63, 3.8) is 0 Å². The zero-order chi connectivity index (χ0) is 13.9. The summed E-state index contributed by atoms with van der Waals surface area (Å²) < 4.78 is 5.43. The van der Waals surface area contributed by atoms with E-state index in [4.69, 9.17) is 16.3 Å². The second-order valence-corrected chi connectivity index (χ2v) is 5.73. The highest BCUT2D eigenvalue weighted by Crippen LogP contribution is 2.31. The largest absolute Gasteiger partial charge is 0.376 e. The predicted molar refractivity (Wildman–Crippen MR) is 75.4 cm³/mol. The minimum atomic E-state index is 0.0525. The lowest BCUT2D eigenvalue weighted by Gasteiger charge is -2.29. The molecule has 0 amide bonds. The first kappa shape index (κ1) is 13.6. The van der Waals surface area contributed by atoms with Crippen LogP contribution in [0.5, 0.6) is 0 Å². The van der Waals surface area contributed by atoms with Crippen LogP contribution in [0.3, 0.4) is 0 Å². The molecule has 1 saturated carbocycles. The number of nitrogens with zero attached hydrogens (tertiary/aromatic N) is 3. The molecular formula is C14H17ClN4O. The van der Waals surface area contributed by atoms with E-state index >= 15 is 0 Å². The standard InChI is InChI=1S/C14H17ClN4O/c15-13-11-8-20-6-5-10(11)14(19-18-13)17-12-4-2-1-3-9(12)7-16/h9,12H,1-6,8H2,(H,17,19)/t9-,12+/m0/s1. The molecule has 1 fully saturated rings. The summed E-state index contributed by atoms with van der Waals surface area (Å²) in [6, 6.07) is 2.57. The number of halogens is 1. The molecule has 1 aliphatic carbocycles. The molecule has 2 atom stereocenters. The van der Waals surface area contributed by atoms with E-state index in [1.165, 1.54) is 0 Å². The quantitative estimate of drug-likeness (QED) is 0.907. The molecule has 0 aromatic carbocycles. The van der Waals surface area contributed by atoms with Crippen LogP contribution in [0.25, 0.3) is 0 Å². The van der Waals surface area contributed by atoms with Gasteiger partial charge in [-0.2, -0.15) is 5.26 Å². The van der Waals surface area contributed by atoms with Gasteiger partial charge in [0.15, 0.2) is 11.0 Å². The van der Waals surface area contributed by atoms with Crippen molar-refractivity contribution in [3.8, 4) is 6.07 Å². The summed E-state index contributed by atoms with van der Waals surface area (Å²) in [4.78, 5) is 0. The molecule has 0 radical (unpaired) electrons. The molecule has 2 heterocycles. The minimum absolute atomic E-state index is 0.0525. The van der Waals surface area contributed by atoms with Gasteiger partial charge in [0, 0.05) is 17.2 Å². The monoisotopic (exact) mass is 292 g/mol. The van der Waals surface area contributed by atoms with Crippen molar-refractivity contribution in [1.82, 2.24) is 10.2 Å². The highest BCUT2D eigenvalue weighted by molar-refractivity contribution is 6.30. The zero-order valence-corrected chi connectivity index (χ0v) is 12.0. The number of aromatic nitrogens is 2. The molecule has 1 aromatic rings. The van der Waals surface area contributed by atoms with Gasteiger partial charge in [-0.25, -0.2) is 0 Å². The summed E-state index contributed by atoms with van der Waals surface area (Å²) in [7, 11) is 0. The van der Waals surface area contributed by atoms with Gasteiger partial charge in [0.2, 0.25) is 0 Å². The molecule has 0 bridgehead atoms. The Morgan fingerprint density at radius 3 is 2.95 bits per heavy atom. The van der Waals surface area contributed by atoms with E-state index in [9.17, 15) is 5.26 Å². The lowest BCUT2D eigenvalue weighted by molar-refractivity contribution is 0.110. The Hall–Kier alpha value is -1.38. The van der Waals surface area contributed by atoms with Gasteiger partial charge in [-0.1, -0.05) is 24.4 Å². The highest BCUT2D eigenvalue weighted by atomic mass is 35.5. The van der Waals surface area contributed by atoms with E-state index < -0.39 is 0 Å². The van der Waals surface area contributed by atoms with E-state index in [2.05, 4.69) is 21.6 Å². The number of nitrogens with one attached hydrogen (secondary N) is 1. The third-order valence-corrected chi connectivity index (χ3v) is 4.44. The van der Waals surface area contributed by atoms with Crippen LogP contribution in [0.2, 0.25) is 5.15 Å². The Bertz CT molecular complexity index is 543. The van der Waals surface area contributed by atoms with Gasteiger partial charge < -0.3 is 10.1 Å². The summed E-state index contributed by atoms with van der Waals surface area (Å²) >= 11 is 6.08. The Balaban J connectivity index is 1.85. The fraction of sp³-hybridized carbons (Fsp3) is 0.643. The maximum Gasteiger partial charge on any atom is 0.157 e. The van der Waals surface area contributed by atoms with Gasteiger partial charge in [0.05, 0.1) is 25.2 Å². The molecule has 0 saturated heterocycles. The van der Waals surface area contributed by atoms with Gasteiger partial charge in [-0.05, 0) is 19.3 Å². The average molecular weight is 293 g/mol. The average Bonchev–Trinajstić information content (AvgIpc) is 2.51. The van der Waals surface area contributed by atoms with Crippen LogP contribution in [0.15, 0.2) is 0 Å². The number of fused-ring (bicyclic) bond motifs is 1. The molecule has 0 unspecified atom stereocenters. The summed E-state index contributed by atoms with van der Waals surface area (Å²) in [5, 5.41) is 21.3. The Morgan fingerprint density at radius 2 is 2.10 bits per heavy atom. The molecule has 0 spiro atoms. The first-order valence-electron chi connectivity index (χ1n) is 7.07. The SMILES string of the molecule is N#C[C@@H]1CCCC[C@H]1Nc1nnc(Cl)c2c1CCOC2. The Labute approximate surface area is 123 Å². The van der Waals surface area contributed by atoms with Crippen LogP contribution in [0.4, 0.5) is 5.82 Å². The Kier molecular flexibility index (Phi) is 4.04. The lowest BCUT2D eigenvalue weighted by atomic mass is 9.85. The summed E-state index contributed by atoms with van der Waals surface area (Å²) in [6.45, 7) is 1.17. The van der Waals surface area contributed by atoms with E-state index in [1.54, 1.807) is 0 Å². The topological polar surface area (TPSA) is 70.8 Å². The molecular weight excluding hydrogens is 276 g/mol. The maximum absolute atomic E-state index is 9.25. The van der Waals surface area contributed by atoms with Crippen molar-refractivity contribution in [2.45, 2.75) is 44.8 Å². The summed E-state index contributed by atoms with van der Waals surface area (Å²) in [5.74, 6) is 0.830. The van der Waals surface area contributed by atoms with Crippen LogP contribution >= 0.6 is 11.6 Å². The molecule has 1 aliphatic heterocycles. The molecule has 1 aromatic heterocycles. The van der Waals surface area contributed by atoms with Gasteiger partial charge >= 0.3 is 0 Å². The van der Waals surface area contributed by atoms with Crippen molar-refractivity contribution < 1.29 is 4.74 Å². The predicted octanol–water partition coefficient (Wildman–Crippen LogP) is 2.70. The molecule has 20 heavy (non-hydrogen) atoms. The number of hydrogen-bond donors (Lipinski definition) is 1. The molecule has 6 heteroatoms. The van der Waals surface area contributed by atoms with E-state index in [-0.39, 0.29) is 12.0 Å². The van der Waals surface area contributed by atoms with Gasteiger partial charge in [0.25, 0.3) is 0 Å². The van der Waals surface area contributed by atoms with Crippen molar-refractivity contribution in [2.75, 3.05) is 11.9 Å². The van der Waals surface area contributed by atoms with Crippen molar-refractivity contribution in [3.05, 3.63) is 16.3 Å². The van der Waals surface area contributed by atoms with Crippen molar-refractivity contribution in [1.29, 1.82) is 5.26 Å². The second kappa shape index (κ2) is 5.94. The molecule has 5 nitrogen and oxygen atoms in total. The van der Waals surface area contributed by atoms with Crippen molar-refractivity contribution >= 4 is 17.4 Å². The number of ether oxygens (including phenoxy) is 1. The minimum Gasteiger partial charge on any atom is -0.376 e. The second-order valence-electron chi connectivity index (χ2n) is 5.37. The van der Waals surface area contributed by atoms with Gasteiger partial charge in [0.1, 0.15) is 0 Å². The molecule has 1 N–H and O–H groups in total. The summed E-state index contributed by atoms with van der Waals surface area (Å²) in [5.41, 5.74) is 2.03. The van der Waals surface area contributed by atoms with Crippen LogP contribution in [-0.2, 0) is 17.8 Å². The molecule has 106 valence electrons. The van der Waals surface area contributed by atoms with E-state index in [0.717, 1.165) is 49.0 Å². The van der Waals surface area contributed by atoms with Crippen LogP contribution in [0, 0.1) is 17.2 Å². The smallest absolute Gasteiger partial charge is 0.157 e. The fourth-order valence-electron chi connectivity index (χ4n) is 3.00. The van der Waals surface area contributed by atoms with E-state index in [1.807, 2.05) is 0 Å². The van der Waals surface area contributed by atoms with Crippen LogP contribution in [-0.4, -0.2) is 22.8 Å². The Morgan fingerprint density at radius 1 is 1.25 bits per heavy atom.